The van der Waals surface area contributed by atoms with Gasteiger partial charge in [0.05, 0.1) is 11.1 Å². The molecule has 0 bridgehead atoms. The molecule has 1 aliphatic carbocycles. The maximum absolute atomic E-state index is 12.5. The number of aromatic amines is 1. The van der Waals surface area contributed by atoms with E-state index >= 15 is 0 Å². The SMILES string of the molecule is CC(OC(=O)Nc1n[nH]c(-c2ccc(-c3ccc(C4(C(=O)O)CC4)cc3)cc2)c1C#N)c1ccccc1Cl. The van der Waals surface area contributed by atoms with Crippen LogP contribution in [0.15, 0.2) is 72.8 Å². The van der Waals surface area contributed by atoms with Gasteiger partial charge in [0.15, 0.2) is 5.82 Å². The summed E-state index contributed by atoms with van der Waals surface area (Å²) in [5.74, 6) is -0.717. The Bertz CT molecular complexity index is 1550. The maximum atomic E-state index is 12.5. The van der Waals surface area contributed by atoms with Crippen molar-refractivity contribution in [1.29, 1.82) is 5.26 Å². The normalized spacial score (nSPS) is 14.2. The van der Waals surface area contributed by atoms with Crippen molar-refractivity contribution in [2.75, 3.05) is 5.32 Å². The summed E-state index contributed by atoms with van der Waals surface area (Å²) in [6.07, 6.45) is -0.0390. The van der Waals surface area contributed by atoms with Gasteiger partial charge < -0.3 is 9.84 Å². The van der Waals surface area contributed by atoms with E-state index < -0.39 is 23.6 Å². The molecule has 1 unspecified atom stereocenters. The molecule has 190 valence electrons. The number of carboxylic acids is 1. The van der Waals surface area contributed by atoms with Crippen LogP contribution in [0.4, 0.5) is 10.6 Å². The molecule has 1 aliphatic rings. The molecule has 1 amide bonds. The van der Waals surface area contributed by atoms with E-state index in [0.717, 1.165) is 16.7 Å². The highest BCUT2D eigenvalue weighted by Crippen LogP contribution is 2.48. The predicted octanol–water partition coefficient (Wildman–Crippen LogP) is 6.69. The number of nitrogens with zero attached hydrogens (tertiary/aromatic N) is 2. The van der Waals surface area contributed by atoms with Crippen LogP contribution in [0.5, 0.6) is 0 Å². The zero-order chi connectivity index (χ0) is 26.9. The summed E-state index contributed by atoms with van der Waals surface area (Å²) in [5, 5.41) is 29.2. The molecule has 1 saturated carbocycles. The van der Waals surface area contributed by atoms with Gasteiger partial charge in [0.1, 0.15) is 17.7 Å². The first-order valence-electron chi connectivity index (χ1n) is 12.0. The number of hydrogen-bond acceptors (Lipinski definition) is 5. The minimum atomic E-state index is -0.778. The van der Waals surface area contributed by atoms with Crippen molar-refractivity contribution in [2.24, 2.45) is 0 Å². The summed E-state index contributed by atoms with van der Waals surface area (Å²) in [6, 6.07) is 24.2. The fourth-order valence-electron chi connectivity index (χ4n) is 4.47. The molecule has 1 aromatic heterocycles. The molecular formula is C29H23ClN4O4. The Morgan fingerprint density at radius 3 is 2.24 bits per heavy atom. The molecule has 1 atom stereocenters. The van der Waals surface area contributed by atoms with Crippen LogP contribution in [-0.2, 0) is 14.9 Å². The van der Waals surface area contributed by atoms with E-state index in [1.807, 2.05) is 48.5 Å². The molecule has 8 nitrogen and oxygen atoms in total. The van der Waals surface area contributed by atoms with Gasteiger partial charge in [-0.1, -0.05) is 78.3 Å². The zero-order valence-corrected chi connectivity index (χ0v) is 21.1. The van der Waals surface area contributed by atoms with Crippen molar-refractivity contribution >= 4 is 29.5 Å². The Kier molecular flexibility index (Phi) is 6.62. The lowest BCUT2D eigenvalue weighted by Gasteiger charge is -2.14. The molecule has 0 radical (unpaired) electrons. The van der Waals surface area contributed by atoms with E-state index in [9.17, 15) is 20.0 Å². The van der Waals surface area contributed by atoms with Crippen molar-refractivity contribution in [3.05, 3.63) is 94.5 Å². The number of aromatic nitrogens is 2. The van der Waals surface area contributed by atoms with Crippen LogP contribution in [0.25, 0.3) is 22.4 Å². The number of aliphatic carboxylic acids is 1. The largest absolute Gasteiger partial charge is 0.481 e. The van der Waals surface area contributed by atoms with Crippen LogP contribution in [0.1, 0.15) is 42.6 Å². The van der Waals surface area contributed by atoms with E-state index in [2.05, 4.69) is 21.6 Å². The average molecular weight is 527 g/mol. The summed E-state index contributed by atoms with van der Waals surface area (Å²) in [4.78, 5) is 24.1. The quantitative estimate of drug-likeness (QED) is 0.246. The number of carbonyl (C=O) groups excluding carboxylic acids is 1. The number of nitrogens with one attached hydrogen (secondary N) is 2. The molecule has 0 spiro atoms. The van der Waals surface area contributed by atoms with Crippen molar-refractivity contribution in [1.82, 2.24) is 10.2 Å². The van der Waals surface area contributed by atoms with Crippen LogP contribution in [0.2, 0.25) is 5.02 Å². The molecule has 3 N–H and O–H groups in total. The predicted molar refractivity (Wildman–Crippen MR) is 143 cm³/mol. The number of carboxylic acid groups (broad SMARTS) is 1. The van der Waals surface area contributed by atoms with E-state index in [0.29, 0.717) is 34.7 Å². The number of rotatable bonds is 7. The third-order valence-electron chi connectivity index (χ3n) is 6.83. The van der Waals surface area contributed by atoms with Gasteiger partial charge in [0.25, 0.3) is 0 Å². The first-order chi connectivity index (χ1) is 18.3. The van der Waals surface area contributed by atoms with Crippen LogP contribution >= 0.6 is 11.6 Å². The lowest BCUT2D eigenvalue weighted by molar-refractivity contribution is -0.140. The summed E-state index contributed by atoms with van der Waals surface area (Å²) >= 11 is 6.18. The lowest BCUT2D eigenvalue weighted by Crippen LogP contribution is -2.19. The highest BCUT2D eigenvalue weighted by atomic mass is 35.5. The maximum Gasteiger partial charge on any atom is 0.413 e. The Balaban J connectivity index is 1.29. The molecule has 1 fully saturated rings. The number of amides is 1. The standard InChI is InChI=1S/C29H23ClN4O4/c1-17(22-4-2-3-5-24(22)30)38-28(37)32-26-23(16-31)25(33-34-26)20-8-6-18(7-9-20)19-10-12-21(13-11-19)29(14-15-29)27(35)36/h2-13,17H,14-15H2,1H3,(H,35,36)(H2,32,33,34,37). The van der Waals surface area contributed by atoms with Crippen LogP contribution in [0, 0.1) is 11.3 Å². The van der Waals surface area contributed by atoms with Gasteiger partial charge in [-0.15, -0.1) is 0 Å². The molecule has 5 rings (SSSR count). The Morgan fingerprint density at radius 2 is 1.66 bits per heavy atom. The van der Waals surface area contributed by atoms with Gasteiger partial charge in [-0.25, -0.2) is 4.79 Å². The van der Waals surface area contributed by atoms with E-state index in [-0.39, 0.29) is 11.4 Å². The molecule has 0 aliphatic heterocycles. The van der Waals surface area contributed by atoms with Gasteiger partial charge in [-0.3, -0.25) is 15.2 Å². The molecule has 38 heavy (non-hydrogen) atoms. The minimum Gasteiger partial charge on any atom is -0.481 e. The fraction of sp³-hybridized carbons (Fsp3) is 0.172. The zero-order valence-electron chi connectivity index (χ0n) is 20.4. The smallest absolute Gasteiger partial charge is 0.413 e. The second kappa shape index (κ2) is 10.0. The minimum absolute atomic E-state index is 0.0611. The van der Waals surface area contributed by atoms with Crippen LogP contribution in [-0.4, -0.2) is 27.4 Å². The average Bonchev–Trinajstić information content (AvgIpc) is 3.65. The topological polar surface area (TPSA) is 128 Å². The first-order valence-corrected chi connectivity index (χ1v) is 12.4. The van der Waals surface area contributed by atoms with Gasteiger partial charge in [-0.05, 0) is 42.5 Å². The number of anilines is 1. The van der Waals surface area contributed by atoms with Gasteiger partial charge >= 0.3 is 12.1 Å². The lowest BCUT2D eigenvalue weighted by atomic mass is 9.93. The van der Waals surface area contributed by atoms with Gasteiger partial charge in [-0.2, -0.15) is 10.4 Å². The molecule has 0 saturated heterocycles. The molecule has 1 heterocycles. The van der Waals surface area contributed by atoms with E-state index in [4.69, 9.17) is 16.3 Å². The van der Waals surface area contributed by atoms with E-state index in [1.54, 1.807) is 31.2 Å². The number of carbonyl (C=O) groups is 2. The van der Waals surface area contributed by atoms with Crippen molar-refractivity contribution in [3.8, 4) is 28.5 Å². The monoisotopic (exact) mass is 526 g/mol. The van der Waals surface area contributed by atoms with Gasteiger partial charge in [0, 0.05) is 16.1 Å². The number of ether oxygens (including phenoxy) is 1. The summed E-state index contributed by atoms with van der Waals surface area (Å²) in [6.45, 7) is 1.70. The van der Waals surface area contributed by atoms with Crippen LogP contribution in [0.3, 0.4) is 0 Å². The third-order valence-corrected chi connectivity index (χ3v) is 7.17. The van der Waals surface area contributed by atoms with Crippen molar-refractivity contribution in [3.63, 3.8) is 0 Å². The van der Waals surface area contributed by atoms with Gasteiger partial charge in [0.2, 0.25) is 0 Å². The second-order valence-corrected chi connectivity index (χ2v) is 9.58. The second-order valence-electron chi connectivity index (χ2n) is 9.17. The Labute approximate surface area is 223 Å². The molecule has 4 aromatic rings. The Morgan fingerprint density at radius 1 is 1.05 bits per heavy atom. The van der Waals surface area contributed by atoms with Crippen molar-refractivity contribution in [2.45, 2.75) is 31.3 Å². The van der Waals surface area contributed by atoms with Crippen molar-refractivity contribution < 1.29 is 19.4 Å². The van der Waals surface area contributed by atoms with Crippen LogP contribution < -0.4 is 5.32 Å². The summed E-state index contributed by atoms with van der Waals surface area (Å²) in [5.41, 5.74) is 3.98. The highest BCUT2D eigenvalue weighted by molar-refractivity contribution is 6.31. The first kappa shape index (κ1) is 25.1. The Hall–Kier alpha value is -4.61. The summed E-state index contributed by atoms with van der Waals surface area (Å²) in [7, 11) is 0. The number of hydrogen-bond donors (Lipinski definition) is 3. The summed E-state index contributed by atoms with van der Waals surface area (Å²) < 4.78 is 5.42. The number of H-pyrrole nitrogens is 1. The number of halogens is 1. The third kappa shape index (κ3) is 4.72. The number of benzene rings is 3. The molecule has 9 heteroatoms. The number of nitriles is 1. The molecule has 3 aromatic carbocycles. The molecular weight excluding hydrogens is 504 g/mol. The fourth-order valence-corrected chi connectivity index (χ4v) is 4.76. The highest BCUT2D eigenvalue weighted by Gasteiger charge is 2.51. The van der Waals surface area contributed by atoms with E-state index in [1.165, 1.54) is 0 Å².